The third kappa shape index (κ3) is 4.80. The van der Waals surface area contributed by atoms with E-state index in [4.69, 9.17) is 4.74 Å². The summed E-state index contributed by atoms with van der Waals surface area (Å²) in [5.41, 5.74) is -0.897. The number of likely N-dealkylation sites (tertiary alicyclic amines) is 1. The van der Waals surface area contributed by atoms with Crippen LogP contribution in [0.4, 0.5) is 13.6 Å². The highest BCUT2D eigenvalue weighted by atomic mass is 127. The topological polar surface area (TPSA) is 49.9 Å². The summed E-state index contributed by atoms with van der Waals surface area (Å²) >= 11 is 1.83. The number of hydrogen-bond acceptors (Lipinski definition) is 3. The van der Waals surface area contributed by atoms with Gasteiger partial charge in [0.1, 0.15) is 5.60 Å². The average Bonchev–Trinajstić information content (AvgIpc) is 2.97. The van der Waals surface area contributed by atoms with Gasteiger partial charge in [-0.05, 0) is 61.9 Å². The van der Waals surface area contributed by atoms with E-state index in [1.54, 1.807) is 27.8 Å². The van der Waals surface area contributed by atoms with Gasteiger partial charge in [-0.15, -0.1) is 0 Å². The van der Waals surface area contributed by atoms with E-state index in [2.05, 4.69) is 0 Å². The molecule has 25 heavy (non-hydrogen) atoms. The number of amides is 2. The van der Waals surface area contributed by atoms with Crippen molar-refractivity contribution in [2.24, 2.45) is 0 Å². The first-order valence-electron chi connectivity index (χ1n) is 7.89. The van der Waals surface area contributed by atoms with Gasteiger partial charge in [-0.25, -0.2) is 13.6 Å². The lowest BCUT2D eigenvalue weighted by molar-refractivity contribution is 0.0226. The molecular formula is C17H21F2IN2O3. The Labute approximate surface area is 159 Å². The molecule has 0 bridgehead atoms. The van der Waals surface area contributed by atoms with Crippen LogP contribution in [0.1, 0.15) is 37.6 Å². The quantitative estimate of drug-likeness (QED) is 0.494. The molecule has 1 saturated heterocycles. The van der Waals surface area contributed by atoms with Crippen molar-refractivity contribution >= 4 is 34.6 Å². The van der Waals surface area contributed by atoms with Crippen LogP contribution in [0.15, 0.2) is 12.1 Å². The standard InChI is InChI=1S/C17H21F2IN2O3/c1-17(2,3)25-16(24)21(4)11-5-6-22(9-11)15(23)12-7-10(20)8-13(18)14(12)19/h7-8,11H,5-6,9H2,1-4H3. The molecule has 0 aromatic heterocycles. The smallest absolute Gasteiger partial charge is 0.410 e. The lowest BCUT2D eigenvalue weighted by Crippen LogP contribution is -2.42. The molecule has 5 nitrogen and oxygen atoms in total. The summed E-state index contributed by atoms with van der Waals surface area (Å²) in [7, 11) is 1.61. The van der Waals surface area contributed by atoms with Gasteiger partial charge in [0.15, 0.2) is 11.6 Å². The Morgan fingerprint density at radius 1 is 1.32 bits per heavy atom. The van der Waals surface area contributed by atoms with Crippen LogP contribution in [-0.4, -0.2) is 53.6 Å². The molecule has 0 N–H and O–H groups in total. The van der Waals surface area contributed by atoms with Crippen molar-refractivity contribution < 1.29 is 23.1 Å². The minimum Gasteiger partial charge on any atom is -0.444 e. The summed E-state index contributed by atoms with van der Waals surface area (Å²) in [6.45, 7) is 5.94. The van der Waals surface area contributed by atoms with Gasteiger partial charge >= 0.3 is 6.09 Å². The van der Waals surface area contributed by atoms with Crippen molar-refractivity contribution in [2.45, 2.75) is 38.8 Å². The number of nitrogens with zero attached hydrogens (tertiary/aromatic N) is 2. The summed E-state index contributed by atoms with van der Waals surface area (Å²) in [5.74, 6) is -2.76. The molecule has 138 valence electrons. The fourth-order valence-electron chi connectivity index (χ4n) is 2.61. The Morgan fingerprint density at radius 3 is 2.56 bits per heavy atom. The van der Waals surface area contributed by atoms with Crippen LogP contribution >= 0.6 is 22.6 Å². The number of halogens is 3. The van der Waals surface area contributed by atoms with Gasteiger partial charge < -0.3 is 14.5 Å². The highest BCUT2D eigenvalue weighted by Gasteiger charge is 2.34. The number of rotatable bonds is 2. The van der Waals surface area contributed by atoms with Crippen molar-refractivity contribution in [2.75, 3.05) is 20.1 Å². The number of ether oxygens (including phenoxy) is 1. The fraction of sp³-hybridized carbons (Fsp3) is 0.529. The van der Waals surface area contributed by atoms with Crippen molar-refractivity contribution in [3.8, 4) is 0 Å². The SMILES string of the molecule is CN(C(=O)OC(C)(C)C)C1CCN(C(=O)c2cc(I)cc(F)c2F)C1. The van der Waals surface area contributed by atoms with Crippen molar-refractivity contribution in [3.05, 3.63) is 32.9 Å². The first-order valence-corrected chi connectivity index (χ1v) is 8.97. The first-order chi connectivity index (χ1) is 11.5. The van der Waals surface area contributed by atoms with Gasteiger partial charge in [0.2, 0.25) is 0 Å². The van der Waals surface area contributed by atoms with Gasteiger partial charge in [-0.2, -0.15) is 0 Å². The second-order valence-corrected chi connectivity index (χ2v) is 8.28. The van der Waals surface area contributed by atoms with Gasteiger partial charge in [0, 0.05) is 23.7 Å². The van der Waals surface area contributed by atoms with E-state index in [9.17, 15) is 18.4 Å². The lowest BCUT2D eigenvalue weighted by Gasteiger charge is -2.28. The Bertz CT molecular complexity index is 691. The van der Waals surface area contributed by atoms with Gasteiger partial charge in [0.05, 0.1) is 11.6 Å². The van der Waals surface area contributed by atoms with E-state index in [0.29, 0.717) is 16.5 Å². The van der Waals surface area contributed by atoms with Crippen molar-refractivity contribution in [1.29, 1.82) is 0 Å². The third-order valence-electron chi connectivity index (χ3n) is 3.90. The van der Waals surface area contributed by atoms with Crippen LogP contribution in [-0.2, 0) is 4.74 Å². The minimum absolute atomic E-state index is 0.227. The zero-order valence-corrected chi connectivity index (χ0v) is 16.8. The number of carbonyl (C=O) groups is 2. The lowest BCUT2D eigenvalue weighted by atomic mass is 10.2. The molecule has 1 aromatic carbocycles. The van der Waals surface area contributed by atoms with Crippen LogP contribution in [0.5, 0.6) is 0 Å². The molecule has 1 atom stereocenters. The van der Waals surface area contributed by atoms with Crippen LogP contribution in [0.3, 0.4) is 0 Å². The Kier molecular flexibility index (Phi) is 5.90. The molecule has 1 aromatic rings. The van der Waals surface area contributed by atoms with Crippen LogP contribution in [0.2, 0.25) is 0 Å². The number of hydrogen-bond donors (Lipinski definition) is 0. The molecule has 1 aliphatic rings. The van der Waals surface area contributed by atoms with Crippen LogP contribution in [0.25, 0.3) is 0 Å². The maximum atomic E-state index is 13.9. The van der Waals surface area contributed by atoms with Gasteiger partial charge in [0.25, 0.3) is 5.91 Å². The summed E-state index contributed by atoms with van der Waals surface area (Å²) in [5, 5.41) is 0. The number of carbonyl (C=O) groups excluding carboxylic acids is 2. The average molecular weight is 466 g/mol. The molecule has 2 amide bonds. The second kappa shape index (κ2) is 7.43. The Balaban J connectivity index is 2.08. The predicted octanol–water partition coefficient (Wildman–Crippen LogP) is 3.65. The summed E-state index contributed by atoms with van der Waals surface area (Å²) in [6.07, 6.45) is 0.0773. The minimum atomic E-state index is -1.14. The number of benzene rings is 1. The molecule has 1 heterocycles. The van der Waals surface area contributed by atoms with E-state index >= 15 is 0 Å². The van der Waals surface area contributed by atoms with E-state index in [-0.39, 0.29) is 18.2 Å². The Hall–Kier alpha value is -1.45. The molecule has 1 aliphatic heterocycles. The maximum Gasteiger partial charge on any atom is 0.410 e. The molecule has 0 saturated carbocycles. The van der Waals surface area contributed by atoms with E-state index in [0.717, 1.165) is 6.07 Å². The summed E-state index contributed by atoms with van der Waals surface area (Å²) in [4.78, 5) is 27.5. The van der Waals surface area contributed by atoms with E-state index in [1.807, 2.05) is 22.6 Å². The molecule has 0 radical (unpaired) electrons. The highest BCUT2D eigenvalue weighted by molar-refractivity contribution is 14.1. The van der Waals surface area contributed by atoms with Crippen LogP contribution in [0, 0.1) is 15.2 Å². The molecule has 2 rings (SSSR count). The summed E-state index contributed by atoms with van der Waals surface area (Å²) in [6, 6.07) is 2.14. The summed E-state index contributed by atoms with van der Waals surface area (Å²) < 4.78 is 33.2. The monoisotopic (exact) mass is 466 g/mol. The third-order valence-corrected chi connectivity index (χ3v) is 4.53. The second-order valence-electron chi connectivity index (χ2n) is 7.03. The molecular weight excluding hydrogens is 445 g/mol. The predicted molar refractivity (Wildman–Crippen MR) is 97.4 cm³/mol. The first kappa shape index (κ1) is 19.9. The van der Waals surface area contributed by atoms with Gasteiger partial charge in [-0.1, -0.05) is 0 Å². The fourth-order valence-corrected chi connectivity index (χ4v) is 3.19. The zero-order valence-electron chi connectivity index (χ0n) is 14.6. The molecule has 0 spiro atoms. The van der Waals surface area contributed by atoms with Crippen molar-refractivity contribution in [1.82, 2.24) is 9.80 Å². The van der Waals surface area contributed by atoms with Crippen molar-refractivity contribution in [3.63, 3.8) is 0 Å². The van der Waals surface area contributed by atoms with E-state index in [1.165, 1.54) is 15.9 Å². The molecule has 8 heteroatoms. The zero-order chi connectivity index (χ0) is 18.9. The number of likely N-dealkylation sites (N-methyl/N-ethyl adjacent to an activating group) is 1. The molecule has 1 fully saturated rings. The normalized spacial score (nSPS) is 17.6. The van der Waals surface area contributed by atoms with E-state index < -0.39 is 29.2 Å². The van der Waals surface area contributed by atoms with Gasteiger partial charge in [-0.3, -0.25) is 4.79 Å². The van der Waals surface area contributed by atoms with Crippen LogP contribution < -0.4 is 0 Å². The Morgan fingerprint density at radius 2 is 1.96 bits per heavy atom. The highest BCUT2D eigenvalue weighted by Crippen LogP contribution is 2.23. The largest absolute Gasteiger partial charge is 0.444 e. The maximum absolute atomic E-state index is 13.9. The molecule has 1 unspecified atom stereocenters. The molecule has 0 aliphatic carbocycles.